The van der Waals surface area contributed by atoms with E-state index < -0.39 is 4.92 Å². The largest absolute Gasteiger partial charge is 0.287 e. The quantitative estimate of drug-likeness (QED) is 0.349. The summed E-state index contributed by atoms with van der Waals surface area (Å²) in [6.07, 6.45) is 0. The Bertz CT molecular complexity index is 303. The zero-order chi connectivity index (χ0) is 8.43. The van der Waals surface area contributed by atoms with Crippen LogP contribution in [-0.2, 0) is 0 Å². The third-order valence-electron chi connectivity index (χ3n) is 1.37. The Kier molecular flexibility index (Phi) is 2.15. The molecule has 0 saturated heterocycles. The zero-order valence-corrected chi connectivity index (χ0v) is 6.63. The van der Waals surface area contributed by atoms with Crippen LogP contribution < -0.4 is 5.46 Å². The first-order valence-electron chi connectivity index (χ1n) is 3.02. The Hall–Kier alpha value is -1.03. The van der Waals surface area contributed by atoms with Crippen LogP contribution in [0.3, 0.4) is 0 Å². The van der Waals surface area contributed by atoms with Crippen LogP contribution in [0.2, 0.25) is 5.02 Å². The molecule has 3 nitrogen and oxygen atoms in total. The summed E-state index contributed by atoms with van der Waals surface area (Å²) < 4.78 is 0. The van der Waals surface area contributed by atoms with E-state index in [1.807, 2.05) is 0 Å². The Balaban J connectivity index is 3.27. The molecular formula is C6H5BClNO2. The van der Waals surface area contributed by atoms with Gasteiger partial charge in [0, 0.05) is 6.07 Å². The van der Waals surface area contributed by atoms with Crippen molar-refractivity contribution >= 4 is 30.6 Å². The number of nitrogens with zero attached hydrogens (tertiary/aromatic N) is 1. The standard InChI is InChI=1S/C6H5BClNO2/c7-4-2-1-3-5(6(4)8)9(10)11/h1-3H,7H2. The fourth-order valence-corrected chi connectivity index (χ4v) is 0.968. The Morgan fingerprint density at radius 2 is 2.18 bits per heavy atom. The van der Waals surface area contributed by atoms with Crippen LogP contribution in [0, 0.1) is 10.1 Å². The predicted molar refractivity (Wildman–Crippen MR) is 46.3 cm³/mol. The van der Waals surface area contributed by atoms with E-state index >= 15 is 0 Å². The predicted octanol–water partition coefficient (Wildman–Crippen LogP) is 0.507. The lowest BCUT2D eigenvalue weighted by molar-refractivity contribution is -0.384. The van der Waals surface area contributed by atoms with Crippen molar-refractivity contribution in [3.05, 3.63) is 33.3 Å². The summed E-state index contributed by atoms with van der Waals surface area (Å²) in [6, 6.07) is 4.73. The van der Waals surface area contributed by atoms with Crippen molar-refractivity contribution in [2.24, 2.45) is 0 Å². The second-order valence-electron chi connectivity index (χ2n) is 2.17. The molecule has 0 aliphatic carbocycles. The molecule has 0 aliphatic heterocycles. The summed E-state index contributed by atoms with van der Waals surface area (Å²) in [7, 11) is 1.73. The fourth-order valence-electron chi connectivity index (χ4n) is 0.773. The molecule has 56 valence electrons. The van der Waals surface area contributed by atoms with Gasteiger partial charge in [-0.25, -0.2) is 0 Å². The van der Waals surface area contributed by atoms with Crippen LogP contribution in [-0.4, -0.2) is 12.8 Å². The van der Waals surface area contributed by atoms with E-state index in [0.717, 1.165) is 5.46 Å². The maximum absolute atomic E-state index is 10.3. The number of hydrogen-bond donors (Lipinski definition) is 0. The number of hydrogen-bond acceptors (Lipinski definition) is 2. The van der Waals surface area contributed by atoms with Gasteiger partial charge in [0.25, 0.3) is 5.69 Å². The summed E-state index contributed by atoms with van der Waals surface area (Å²) in [5.41, 5.74) is 0.688. The molecular weight excluding hydrogens is 164 g/mol. The average molecular weight is 169 g/mol. The maximum Gasteiger partial charge on any atom is 0.287 e. The number of rotatable bonds is 1. The molecule has 0 unspecified atom stereocenters. The number of benzene rings is 1. The lowest BCUT2D eigenvalue weighted by Crippen LogP contribution is -2.05. The van der Waals surface area contributed by atoms with Crippen molar-refractivity contribution < 1.29 is 4.92 Å². The van der Waals surface area contributed by atoms with E-state index in [2.05, 4.69) is 0 Å². The molecule has 1 aromatic rings. The molecule has 0 N–H and O–H groups in total. The van der Waals surface area contributed by atoms with E-state index in [-0.39, 0.29) is 10.7 Å². The van der Waals surface area contributed by atoms with Gasteiger partial charge in [-0.05, 0) is 0 Å². The molecule has 0 radical (unpaired) electrons. The highest BCUT2D eigenvalue weighted by molar-refractivity contribution is 6.46. The third kappa shape index (κ3) is 1.52. The lowest BCUT2D eigenvalue weighted by Gasteiger charge is -1.96. The highest BCUT2D eigenvalue weighted by atomic mass is 35.5. The molecule has 0 atom stereocenters. The zero-order valence-electron chi connectivity index (χ0n) is 5.87. The SMILES string of the molecule is Bc1cccc([N+](=O)[O-])c1Cl. The topological polar surface area (TPSA) is 43.1 Å². The normalized spacial score (nSPS) is 9.55. The van der Waals surface area contributed by atoms with Crippen molar-refractivity contribution in [3.63, 3.8) is 0 Å². The van der Waals surface area contributed by atoms with Crippen LogP contribution in [0.15, 0.2) is 18.2 Å². The van der Waals surface area contributed by atoms with E-state index in [1.165, 1.54) is 6.07 Å². The fraction of sp³-hybridized carbons (Fsp3) is 0. The van der Waals surface area contributed by atoms with Gasteiger partial charge in [0.15, 0.2) is 0 Å². The van der Waals surface area contributed by atoms with Gasteiger partial charge in [-0.1, -0.05) is 29.2 Å². The van der Waals surface area contributed by atoms with Crippen molar-refractivity contribution in [1.82, 2.24) is 0 Å². The smallest absolute Gasteiger partial charge is 0.258 e. The molecule has 0 fully saturated rings. The van der Waals surface area contributed by atoms with E-state index in [4.69, 9.17) is 11.6 Å². The van der Waals surface area contributed by atoms with Gasteiger partial charge in [-0.2, -0.15) is 0 Å². The average Bonchev–Trinajstić information content (AvgIpc) is 1.94. The Morgan fingerprint density at radius 1 is 1.55 bits per heavy atom. The molecule has 0 heterocycles. The second kappa shape index (κ2) is 2.92. The summed E-state index contributed by atoms with van der Waals surface area (Å²) in [6.45, 7) is 0. The van der Waals surface area contributed by atoms with Gasteiger partial charge >= 0.3 is 0 Å². The lowest BCUT2D eigenvalue weighted by atomic mass is 9.96. The van der Waals surface area contributed by atoms with Gasteiger partial charge in [0.1, 0.15) is 12.9 Å². The highest BCUT2D eigenvalue weighted by Crippen LogP contribution is 2.19. The molecule has 1 aromatic carbocycles. The van der Waals surface area contributed by atoms with E-state index in [9.17, 15) is 10.1 Å². The van der Waals surface area contributed by atoms with Gasteiger partial charge in [-0.15, -0.1) is 0 Å². The first-order valence-corrected chi connectivity index (χ1v) is 3.40. The van der Waals surface area contributed by atoms with Crippen LogP contribution in [0.1, 0.15) is 0 Å². The molecule has 5 heteroatoms. The third-order valence-corrected chi connectivity index (χ3v) is 1.86. The molecule has 0 spiro atoms. The Labute approximate surface area is 69.5 Å². The number of nitro benzene ring substituents is 1. The second-order valence-corrected chi connectivity index (χ2v) is 2.54. The molecule has 0 saturated carbocycles. The van der Waals surface area contributed by atoms with Crippen molar-refractivity contribution in [1.29, 1.82) is 0 Å². The van der Waals surface area contributed by atoms with Crippen LogP contribution in [0.5, 0.6) is 0 Å². The molecule has 0 bridgehead atoms. The van der Waals surface area contributed by atoms with E-state index in [1.54, 1.807) is 20.0 Å². The molecule has 0 aliphatic rings. The highest BCUT2D eigenvalue weighted by Gasteiger charge is 2.11. The minimum absolute atomic E-state index is 0.0355. The van der Waals surface area contributed by atoms with Gasteiger partial charge < -0.3 is 0 Å². The summed E-state index contributed by atoms with van der Waals surface area (Å²) >= 11 is 5.65. The van der Waals surface area contributed by atoms with Crippen molar-refractivity contribution in [3.8, 4) is 0 Å². The van der Waals surface area contributed by atoms with Gasteiger partial charge in [-0.3, -0.25) is 10.1 Å². The monoisotopic (exact) mass is 169 g/mol. The number of nitro groups is 1. The van der Waals surface area contributed by atoms with Crippen LogP contribution in [0.4, 0.5) is 5.69 Å². The molecule has 0 amide bonds. The van der Waals surface area contributed by atoms with Crippen LogP contribution >= 0.6 is 11.6 Å². The minimum Gasteiger partial charge on any atom is -0.258 e. The number of halogens is 1. The van der Waals surface area contributed by atoms with E-state index in [0.29, 0.717) is 0 Å². The van der Waals surface area contributed by atoms with Gasteiger partial charge in [0.05, 0.1) is 4.92 Å². The van der Waals surface area contributed by atoms with Crippen molar-refractivity contribution in [2.45, 2.75) is 0 Å². The molecule has 11 heavy (non-hydrogen) atoms. The summed E-state index contributed by atoms with van der Waals surface area (Å²) in [4.78, 5) is 9.80. The first-order chi connectivity index (χ1) is 5.13. The van der Waals surface area contributed by atoms with Gasteiger partial charge in [0.2, 0.25) is 0 Å². The summed E-state index contributed by atoms with van der Waals surface area (Å²) in [5.74, 6) is 0. The minimum atomic E-state index is -0.491. The molecule has 1 rings (SSSR count). The van der Waals surface area contributed by atoms with Crippen LogP contribution in [0.25, 0.3) is 0 Å². The van der Waals surface area contributed by atoms with Crippen molar-refractivity contribution in [2.75, 3.05) is 0 Å². The molecule has 0 aromatic heterocycles. The first kappa shape index (κ1) is 8.08. The maximum atomic E-state index is 10.3. The Morgan fingerprint density at radius 3 is 2.64 bits per heavy atom. The summed E-state index contributed by atoms with van der Waals surface area (Å²) in [5, 5.41) is 10.5.